The highest BCUT2D eigenvalue weighted by molar-refractivity contribution is 5.75. The molecule has 202 valence electrons. The largest absolute Gasteiger partial charge is 0.445 e. The molecule has 11 heteroatoms. The van der Waals surface area contributed by atoms with Crippen LogP contribution in [0.4, 0.5) is 9.59 Å². The fourth-order valence-electron chi connectivity index (χ4n) is 3.82. The zero-order chi connectivity index (χ0) is 26.4. The van der Waals surface area contributed by atoms with Gasteiger partial charge in [0.25, 0.3) is 0 Å². The van der Waals surface area contributed by atoms with Crippen LogP contribution in [0.15, 0.2) is 17.2 Å². The summed E-state index contributed by atoms with van der Waals surface area (Å²) in [6.07, 6.45) is 8.50. The smallest absolute Gasteiger partial charge is 0.410 e. The third-order valence-electron chi connectivity index (χ3n) is 5.52. The summed E-state index contributed by atoms with van der Waals surface area (Å²) in [6, 6.07) is -0.313. The van der Waals surface area contributed by atoms with Gasteiger partial charge >= 0.3 is 12.2 Å². The van der Waals surface area contributed by atoms with Crippen molar-refractivity contribution < 1.29 is 28.4 Å². The van der Waals surface area contributed by atoms with E-state index in [9.17, 15) is 14.4 Å². The van der Waals surface area contributed by atoms with Crippen molar-refractivity contribution in [1.82, 2.24) is 25.7 Å². The fourth-order valence-corrected chi connectivity index (χ4v) is 3.82. The molecule has 0 saturated carbocycles. The average Bonchev–Trinajstić information content (AvgIpc) is 3.48. The van der Waals surface area contributed by atoms with Crippen molar-refractivity contribution in [1.29, 1.82) is 0 Å². The van der Waals surface area contributed by atoms with Gasteiger partial charge < -0.3 is 24.6 Å². The van der Waals surface area contributed by atoms with Crippen LogP contribution in [-0.2, 0) is 20.8 Å². The average molecular weight is 508 g/mol. The number of nitrogens with one attached hydrogen (secondary N) is 2. The standard InChI is InChI=1S/C25H41N5O6/c1-5-17-34-24(33)30-16-12-13-19(30)22-28-20(29-36-22)18-27-21(31)14-10-8-6-7-9-11-15-26-23(32)35-25(2,3)4/h5,19H,1,6-18H2,2-4H3,(H,26,32)(H,27,31)/t19-/m1/s1. The van der Waals surface area contributed by atoms with Gasteiger partial charge in [0, 0.05) is 19.5 Å². The highest BCUT2D eigenvalue weighted by Crippen LogP contribution is 2.31. The number of nitrogens with zero attached hydrogens (tertiary/aromatic N) is 3. The molecular weight excluding hydrogens is 466 g/mol. The Morgan fingerprint density at radius 3 is 2.58 bits per heavy atom. The summed E-state index contributed by atoms with van der Waals surface area (Å²) in [5.41, 5.74) is -0.481. The van der Waals surface area contributed by atoms with Gasteiger partial charge in [0.1, 0.15) is 18.2 Å². The Hall–Kier alpha value is -3.11. The number of carbonyl (C=O) groups is 3. The number of unbranched alkanes of at least 4 members (excludes halogenated alkanes) is 5. The summed E-state index contributed by atoms with van der Waals surface area (Å²) in [7, 11) is 0. The van der Waals surface area contributed by atoms with E-state index in [0.29, 0.717) is 31.2 Å². The van der Waals surface area contributed by atoms with Crippen LogP contribution in [0, 0.1) is 0 Å². The maximum Gasteiger partial charge on any atom is 0.410 e. The van der Waals surface area contributed by atoms with E-state index >= 15 is 0 Å². The van der Waals surface area contributed by atoms with Crippen molar-refractivity contribution in [3.8, 4) is 0 Å². The maximum atomic E-state index is 12.2. The van der Waals surface area contributed by atoms with E-state index in [2.05, 4.69) is 27.4 Å². The third-order valence-corrected chi connectivity index (χ3v) is 5.52. The number of hydrogen-bond donors (Lipinski definition) is 2. The number of ether oxygens (including phenoxy) is 2. The predicted molar refractivity (Wildman–Crippen MR) is 133 cm³/mol. The molecule has 1 fully saturated rings. The van der Waals surface area contributed by atoms with Crippen LogP contribution >= 0.6 is 0 Å². The van der Waals surface area contributed by atoms with E-state index in [1.165, 1.54) is 6.08 Å². The molecule has 1 aliphatic heterocycles. The number of hydrogen-bond acceptors (Lipinski definition) is 8. The first kappa shape index (κ1) is 29.1. The second kappa shape index (κ2) is 15.1. The molecule has 1 saturated heterocycles. The molecule has 0 bridgehead atoms. The Morgan fingerprint density at radius 1 is 1.14 bits per heavy atom. The first-order valence-electron chi connectivity index (χ1n) is 12.8. The molecule has 1 aromatic rings. The van der Waals surface area contributed by atoms with Crippen LogP contribution in [0.1, 0.15) is 96.3 Å². The number of rotatable bonds is 14. The van der Waals surface area contributed by atoms with E-state index in [0.717, 1.165) is 51.4 Å². The summed E-state index contributed by atoms with van der Waals surface area (Å²) >= 11 is 0. The second-order valence-electron chi connectivity index (χ2n) is 9.84. The lowest BCUT2D eigenvalue weighted by Gasteiger charge is -2.20. The van der Waals surface area contributed by atoms with Crippen LogP contribution < -0.4 is 10.6 Å². The SMILES string of the molecule is C=CCOC(=O)N1CCC[C@@H]1c1nc(CNC(=O)CCCCCCCCNC(=O)OC(C)(C)C)no1. The van der Waals surface area contributed by atoms with Crippen LogP contribution in [0.2, 0.25) is 0 Å². The Morgan fingerprint density at radius 2 is 1.86 bits per heavy atom. The number of aromatic nitrogens is 2. The summed E-state index contributed by atoms with van der Waals surface area (Å²) < 4.78 is 15.7. The third kappa shape index (κ3) is 11.1. The lowest BCUT2D eigenvalue weighted by atomic mass is 10.1. The molecule has 2 N–H and O–H groups in total. The molecule has 1 atom stereocenters. The number of carbonyl (C=O) groups excluding carboxylic acids is 3. The molecule has 2 rings (SSSR count). The lowest BCUT2D eigenvalue weighted by molar-refractivity contribution is -0.121. The van der Waals surface area contributed by atoms with Crippen LogP contribution in [0.5, 0.6) is 0 Å². The van der Waals surface area contributed by atoms with Gasteiger partial charge in [-0.15, -0.1) is 0 Å². The molecule has 1 aromatic heterocycles. The van der Waals surface area contributed by atoms with Crippen LogP contribution in [-0.4, -0.2) is 58.4 Å². The molecule has 0 unspecified atom stereocenters. The van der Waals surface area contributed by atoms with Gasteiger partial charge in [-0.05, 0) is 46.5 Å². The van der Waals surface area contributed by atoms with Crippen LogP contribution in [0.25, 0.3) is 0 Å². The van der Waals surface area contributed by atoms with Gasteiger partial charge in [0.05, 0.1) is 6.54 Å². The molecule has 0 radical (unpaired) electrons. The summed E-state index contributed by atoms with van der Waals surface area (Å²) in [4.78, 5) is 41.8. The minimum absolute atomic E-state index is 0.0570. The number of alkyl carbamates (subject to hydrolysis) is 1. The highest BCUT2D eigenvalue weighted by Gasteiger charge is 2.35. The van der Waals surface area contributed by atoms with Crippen molar-refractivity contribution in [2.75, 3.05) is 19.7 Å². The quantitative estimate of drug-likeness (QED) is 0.279. The summed E-state index contributed by atoms with van der Waals surface area (Å²) in [6.45, 7) is 10.6. The molecule has 11 nitrogen and oxygen atoms in total. The second-order valence-corrected chi connectivity index (χ2v) is 9.84. The van der Waals surface area contributed by atoms with Crippen LogP contribution in [0.3, 0.4) is 0 Å². The summed E-state index contributed by atoms with van der Waals surface area (Å²) in [5.74, 6) is 0.677. The molecule has 0 spiro atoms. The van der Waals surface area contributed by atoms with E-state index in [4.69, 9.17) is 14.0 Å². The number of likely N-dealkylation sites (tertiary alicyclic amines) is 1. The molecule has 1 aliphatic rings. The Balaban J connectivity index is 1.54. The predicted octanol–water partition coefficient (Wildman–Crippen LogP) is 4.40. The van der Waals surface area contributed by atoms with Crippen molar-refractivity contribution in [3.05, 3.63) is 24.4 Å². The van der Waals surface area contributed by atoms with Gasteiger partial charge in [-0.25, -0.2) is 9.59 Å². The van der Waals surface area contributed by atoms with Crippen molar-refractivity contribution in [2.45, 2.75) is 96.7 Å². The lowest BCUT2D eigenvalue weighted by Crippen LogP contribution is -2.32. The maximum absolute atomic E-state index is 12.2. The van der Waals surface area contributed by atoms with Gasteiger partial charge in [-0.3, -0.25) is 9.69 Å². The van der Waals surface area contributed by atoms with Crippen molar-refractivity contribution in [3.63, 3.8) is 0 Å². The van der Waals surface area contributed by atoms with E-state index in [-0.39, 0.29) is 31.2 Å². The van der Waals surface area contributed by atoms with Gasteiger partial charge in [0.15, 0.2) is 5.82 Å². The van der Waals surface area contributed by atoms with E-state index in [1.54, 1.807) is 4.90 Å². The van der Waals surface area contributed by atoms with E-state index < -0.39 is 11.7 Å². The van der Waals surface area contributed by atoms with Crippen molar-refractivity contribution in [2.24, 2.45) is 0 Å². The molecular formula is C25H41N5O6. The molecule has 3 amide bonds. The zero-order valence-corrected chi connectivity index (χ0v) is 21.8. The first-order valence-corrected chi connectivity index (χ1v) is 12.8. The molecule has 36 heavy (non-hydrogen) atoms. The fraction of sp³-hybridized carbons (Fsp3) is 0.720. The topological polar surface area (TPSA) is 136 Å². The monoisotopic (exact) mass is 507 g/mol. The zero-order valence-electron chi connectivity index (χ0n) is 21.8. The van der Waals surface area contributed by atoms with Gasteiger partial charge in [-0.2, -0.15) is 4.98 Å². The van der Waals surface area contributed by atoms with Gasteiger partial charge in [-0.1, -0.05) is 43.5 Å². The Bertz CT molecular complexity index is 850. The minimum atomic E-state index is -0.481. The minimum Gasteiger partial charge on any atom is -0.445 e. The van der Waals surface area contributed by atoms with Gasteiger partial charge in [0.2, 0.25) is 11.8 Å². The Kier molecular flexibility index (Phi) is 12.2. The highest BCUT2D eigenvalue weighted by atomic mass is 16.6. The Labute approximate surface area is 213 Å². The normalized spacial score (nSPS) is 15.4. The molecule has 0 aromatic carbocycles. The van der Waals surface area contributed by atoms with E-state index in [1.807, 2.05) is 20.8 Å². The first-order chi connectivity index (χ1) is 17.2. The summed E-state index contributed by atoms with van der Waals surface area (Å²) in [5, 5.41) is 9.51. The molecule has 0 aliphatic carbocycles. The molecule has 2 heterocycles. The van der Waals surface area contributed by atoms with Crippen molar-refractivity contribution >= 4 is 18.1 Å². The number of amides is 3.